The molecule has 6 heteroatoms. The summed E-state index contributed by atoms with van der Waals surface area (Å²) in [6.07, 6.45) is 1.67. The second kappa shape index (κ2) is 5.81. The van der Waals surface area contributed by atoms with Crippen LogP contribution in [-0.4, -0.2) is 19.3 Å². The van der Waals surface area contributed by atoms with Gasteiger partial charge in [0.1, 0.15) is 22.4 Å². The molecule has 0 aliphatic rings. The maximum atomic E-state index is 13.4. The lowest BCUT2D eigenvalue weighted by molar-refractivity contribution is 0.909. The molecule has 0 saturated heterocycles. The number of hydrogen-bond donors (Lipinski definition) is 1. The van der Waals surface area contributed by atoms with E-state index in [1.54, 1.807) is 15.4 Å². The molecule has 0 atom stereocenters. The first-order valence-electron chi connectivity index (χ1n) is 8.54. The molecule has 0 radical (unpaired) electrons. The fourth-order valence-corrected chi connectivity index (χ4v) is 3.38. The highest BCUT2D eigenvalue weighted by atomic mass is 16.1. The van der Waals surface area contributed by atoms with Crippen molar-refractivity contribution in [2.45, 2.75) is 0 Å². The summed E-state index contributed by atoms with van der Waals surface area (Å²) in [6.45, 7) is 0. The van der Waals surface area contributed by atoms with Crippen molar-refractivity contribution in [1.82, 2.24) is 19.3 Å². The van der Waals surface area contributed by atoms with Crippen LogP contribution in [0.1, 0.15) is 0 Å². The largest absolute Gasteiger partial charge is 0.383 e. The Bertz CT molecular complexity index is 1340. The van der Waals surface area contributed by atoms with E-state index < -0.39 is 0 Å². The Balaban J connectivity index is 1.97. The molecule has 0 bridgehead atoms. The van der Waals surface area contributed by atoms with Gasteiger partial charge in [-0.2, -0.15) is 5.10 Å². The molecule has 5 rings (SSSR count). The first-order valence-corrected chi connectivity index (χ1v) is 8.54. The van der Waals surface area contributed by atoms with Gasteiger partial charge in [0.15, 0.2) is 0 Å². The molecule has 3 heterocycles. The minimum atomic E-state index is -0.234. The van der Waals surface area contributed by atoms with Crippen LogP contribution in [0.25, 0.3) is 33.3 Å². The number of rotatable bonds is 2. The quantitative estimate of drug-likeness (QED) is 0.528. The van der Waals surface area contributed by atoms with Gasteiger partial charge in [-0.15, -0.1) is 0 Å². The number of para-hydroxylation sites is 2. The third-order valence-corrected chi connectivity index (χ3v) is 4.61. The van der Waals surface area contributed by atoms with E-state index in [9.17, 15) is 4.79 Å². The van der Waals surface area contributed by atoms with Gasteiger partial charge in [-0.25, -0.2) is 9.67 Å². The number of anilines is 1. The molecule has 2 N–H and O–H groups in total. The number of benzene rings is 2. The van der Waals surface area contributed by atoms with Gasteiger partial charge in [0, 0.05) is 11.6 Å². The maximum absolute atomic E-state index is 13.4. The highest BCUT2D eigenvalue weighted by molar-refractivity contribution is 6.06. The van der Waals surface area contributed by atoms with E-state index in [-0.39, 0.29) is 5.56 Å². The van der Waals surface area contributed by atoms with Crippen LogP contribution in [0.2, 0.25) is 0 Å². The van der Waals surface area contributed by atoms with Crippen molar-refractivity contribution < 1.29 is 0 Å². The summed E-state index contributed by atoms with van der Waals surface area (Å²) >= 11 is 0. The highest BCUT2D eigenvalue weighted by Crippen LogP contribution is 2.28. The molecule has 0 saturated carbocycles. The van der Waals surface area contributed by atoms with E-state index >= 15 is 0 Å². The average molecular weight is 353 g/mol. The van der Waals surface area contributed by atoms with Gasteiger partial charge in [-0.05, 0) is 36.4 Å². The number of pyridine rings is 2. The molecule has 0 aliphatic carbocycles. The second-order valence-corrected chi connectivity index (χ2v) is 6.21. The van der Waals surface area contributed by atoms with Gasteiger partial charge in [0.2, 0.25) is 0 Å². The molecule has 0 spiro atoms. The van der Waals surface area contributed by atoms with E-state index in [0.717, 1.165) is 16.8 Å². The van der Waals surface area contributed by atoms with Crippen LogP contribution in [0.15, 0.2) is 83.8 Å². The van der Waals surface area contributed by atoms with Gasteiger partial charge in [0.05, 0.1) is 11.4 Å². The standard InChI is InChI=1S/C21H15N5O/c22-19-17-18(24-26(19)15-10-5-2-6-11-15)16-12-7-13-23-20(16)25(21(17)27)14-8-3-1-4-9-14/h1-13H,22H2. The van der Waals surface area contributed by atoms with Gasteiger partial charge < -0.3 is 5.73 Å². The monoisotopic (exact) mass is 353 g/mol. The lowest BCUT2D eigenvalue weighted by Gasteiger charge is -2.09. The van der Waals surface area contributed by atoms with Gasteiger partial charge in [-0.3, -0.25) is 9.36 Å². The third-order valence-electron chi connectivity index (χ3n) is 4.61. The smallest absolute Gasteiger partial charge is 0.270 e. The highest BCUT2D eigenvalue weighted by Gasteiger charge is 2.20. The van der Waals surface area contributed by atoms with Crippen molar-refractivity contribution in [3.05, 3.63) is 89.3 Å². The van der Waals surface area contributed by atoms with Crippen LogP contribution in [0, 0.1) is 0 Å². The third kappa shape index (κ3) is 2.23. The van der Waals surface area contributed by atoms with Crippen molar-refractivity contribution in [3.8, 4) is 11.4 Å². The maximum Gasteiger partial charge on any atom is 0.270 e. The average Bonchev–Trinajstić information content (AvgIpc) is 3.07. The van der Waals surface area contributed by atoms with E-state index in [2.05, 4.69) is 10.1 Å². The van der Waals surface area contributed by atoms with Crippen molar-refractivity contribution in [2.24, 2.45) is 0 Å². The molecular formula is C21H15N5O. The number of nitrogens with zero attached hydrogens (tertiary/aromatic N) is 4. The molecule has 0 aliphatic heterocycles. The van der Waals surface area contributed by atoms with Gasteiger partial charge in [-0.1, -0.05) is 36.4 Å². The van der Waals surface area contributed by atoms with Crippen molar-refractivity contribution >= 4 is 27.8 Å². The van der Waals surface area contributed by atoms with Crippen LogP contribution in [0.3, 0.4) is 0 Å². The number of fused-ring (bicyclic) bond motifs is 3. The zero-order valence-corrected chi connectivity index (χ0v) is 14.3. The predicted molar refractivity (Wildman–Crippen MR) is 106 cm³/mol. The van der Waals surface area contributed by atoms with Crippen LogP contribution in [0.5, 0.6) is 0 Å². The molecule has 5 aromatic rings. The van der Waals surface area contributed by atoms with Crippen molar-refractivity contribution in [3.63, 3.8) is 0 Å². The van der Waals surface area contributed by atoms with Crippen LogP contribution in [0.4, 0.5) is 5.82 Å². The van der Waals surface area contributed by atoms with E-state index in [1.165, 1.54) is 0 Å². The molecule has 130 valence electrons. The molecule has 0 fully saturated rings. The summed E-state index contributed by atoms with van der Waals surface area (Å²) in [5.74, 6) is 0.316. The van der Waals surface area contributed by atoms with E-state index in [0.29, 0.717) is 22.4 Å². The minimum absolute atomic E-state index is 0.234. The fraction of sp³-hybridized carbons (Fsp3) is 0. The van der Waals surface area contributed by atoms with Crippen molar-refractivity contribution in [1.29, 1.82) is 0 Å². The lowest BCUT2D eigenvalue weighted by atomic mass is 10.2. The Hall–Kier alpha value is -3.93. The summed E-state index contributed by atoms with van der Waals surface area (Å²) in [5, 5.41) is 5.81. The van der Waals surface area contributed by atoms with E-state index in [4.69, 9.17) is 5.73 Å². The molecule has 6 nitrogen and oxygen atoms in total. The Labute approximate surface area is 154 Å². The first kappa shape index (κ1) is 15.3. The summed E-state index contributed by atoms with van der Waals surface area (Å²) in [7, 11) is 0. The van der Waals surface area contributed by atoms with Crippen LogP contribution >= 0.6 is 0 Å². The normalized spacial score (nSPS) is 11.3. The Morgan fingerprint density at radius 2 is 1.48 bits per heavy atom. The van der Waals surface area contributed by atoms with Gasteiger partial charge >= 0.3 is 0 Å². The molecule has 0 amide bonds. The fourth-order valence-electron chi connectivity index (χ4n) is 3.38. The van der Waals surface area contributed by atoms with Crippen molar-refractivity contribution in [2.75, 3.05) is 5.73 Å². The second-order valence-electron chi connectivity index (χ2n) is 6.21. The van der Waals surface area contributed by atoms with Gasteiger partial charge in [0.25, 0.3) is 5.56 Å². The Kier molecular flexibility index (Phi) is 3.30. The zero-order chi connectivity index (χ0) is 18.4. The predicted octanol–water partition coefficient (Wildman–Crippen LogP) is 3.31. The molecule has 2 aromatic carbocycles. The summed E-state index contributed by atoms with van der Waals surface area (Å²) < 4.78 is 3.19. The summed E-state index contributed by atoms with van der Waals surface area (Å²) in [6, 6.07) is 22.7. The number of aromatic nitrogens is 4. The topological polar surface area (TPSA) is 78.7 Å². The Morgan fingerprint density at radius 3 is 2.19 bits per heavy atom. The zero-order valence-electron chi connectivity index (χ0n) is 14.3. The molecular weight excluding hydrogens is 338 g/mol. The number of nitrogen functional groups attached to an aromatic ring is 1. The summed E-state index contributed by atoms with van der Waals surface area (Å²) in [5.41, 5.74) is 8.79. The minimum Gasteiger partial charge on any atom is -0.383 e. The van der Waals surface area contributed by atoms with E-state index in [1.807, 2.05) is 72.8 Å². The first-order chi connectivity index (χ1) is 13.3. The van der Waals surface area contributed by atoms with Crippen LogP contribution < -0.4 is 11.3 Å². The lowest BCUT2D eigenvalue weighted by Crippen LogP contribution is -2.20. The number of nitrogens with two attached hydrogens (primary N) is 1. The summed E-state index contributed by atoms with van der Waals surface area (Å²) in [4.78, 5) is 17.9. The SMILES string of the molecule is Nc1c2c(=O)n(-c3ccccc3)c3ncccc3c2nn1-c1ccccc1. The molecule has 27 heavy (non-hydrogen) atoms. The van der Waals surface area contributed by atoms with Crippen LogP contribution in [-0.2, 0) is 0 Å². The Morgan fingerprint density at radius 1 is 0.815 bits per heavy atom. The molecule has 0 unspecified atom stereocenters. The molecule has 3 aromatic heterocycles. The number of hydrogen-bond acceptors (Lipinski definition) is 4.